The molecule has 3 rings (SSSR count). The summed E-state index contributed by atoms with van der Waals surface area (Å²) in [6, 6.07) is 3.39. The topological polar surface area (TPSA) is 72.8 Å². The zero-order valence-electron chi connectivity index (χ0n) is 19.0. The third kappa shape index (κ3) is 3.14. The molecule has 0 fully saturated rings. The summed E-state index contributed by atoms with van der Waals surface area (Å²) in [6.07, 6.45) is 8.07. The number of phenolic OH excluding ortho intramolecular Hbond substituents is 1. The van der Waals surface area contributed by atoms with E-state index in [2.05, 4.69) is 6.58 Å². The minimum Gasteiger partial charge on any atom is -0.502 e. The van der Waals surface area contributed by atoms with Crippen LogP contribution >= 0.6 is 0 Å². The van der Waals surface area contributed by atoms with Gasteiger partial charge < -0.3 is 14.6 Å². The number of hydrogen-bond donors (Lipinski definition) is 1. The molecule has 0 aliphatic heterocycles. The molecule has 1 aromatic rings. The van der Waals surface area contributed by atoms with Crippen molar-refractivity contribution in [2.24, 2.45) is 16.7 Å². The lowest BCUT2D eigenvalue weighted by molar-refractivity contribution is -0.148. The molecule has 5 heteroatoms. The first-order chi connectivity index (χ1) is 14.6. The largest absolute Gasteiger partial charge is 0.502 e. The Labute approximate surface area is 183 Å². The maximum absolute atomic E-state index is 13.6. The molecule has 3 atom stereocenters. The third-order valence-corrected chi connectivity index (χ3v) is 7.31. The predicted molar refractivity (Wildman–Crippen MR) is 121 cm³/mol. The molecule has 0 heterocycles. The van der Waals surface area contributed by atoms with E-state index in [-0.39, 0.29) is 34.7 Å². The maximum Gasteiger partial charge on any atom is 0.200 e. The Bertz CT molecular complexity index is 1030. The number of phenols is 1. The number of methoxy groups -OCH3 is 2. The lowest BCUT2D eigenvalue weighted by atomic mass is 9.46. The van der Waals surface area contributed by atoms with Gasteiger partial charge in [-0.1, -0.05) is 44.7 Å². The number of fused-ring (bicyclic) bond motifs is 1. The lowest BCUT2D eigenvalue weighted by Crippen LogP contribution is -2.58. The second kappa shape index (κ2) is 7.88. The first-order valence-electron chi connectivity index (χ1n) is 10.3. The number of ketones is 2. The zero-order chi connectivity index (χ0) is 23.1. The van der Waals surface area contributed by atoms with E-state index in [4.69, 9.17) is 9.47 Å². The van der Waals surface area contributed by atoms with Crippen LogP contribution in [-0.2, 0) is 9.59 Å². The number of aromatic hydroxyl groups is 1. The van der Waals surface area contributed by atoms with Crippen LogP contribution in [-0.4, -0.2) is 30.9 Å². The van der Waals surface area contributed by atoms with Gasteiger partial charge in [-0.3, -0.25) is 9.59 Å². The van der Waals surface area contributed by atoms with Crippen LogP contribution in [0, 0.1) is 16.7 Å². The van der Waals surface area contributed by atoms with E-state index in [0.29, 0.717) is 17.6 Å². The Hall–Kier alpha value is -3.08. The van der Waals surface area contributed by atoms with Crippen LogP contribution in [0.5, 0.6) is 17.2 Å². The van der Waals surface area contributed by atoms with E-state index in [1.807, 2.05) is 32.1 Å². The highest BCUT2D eigenvalue weighted by molar-refractivity contribution is 6.17. The summed E-state index contributed by atoms with van der Waals surface area (Å²) in [5, 5.41) is 10.2. The molecule has 1 N–H and O–H groups in total. The molecule has 2 aliphatic carbocycles. The number of ether oxygens (including phenoxy) is 2. The molecule has 0 spiro atoms. The fraction of sp³-hybridized carbons (Fsp3) is 0.385. The van der Waals surface area contributed by atoms with E-state index >= 15 is 0 Å². The first kappa shape index (κ1) is 22.6. The molecule has 0 radical (unpaired) electrons. The van der Waals surface area contributed by atoms with Crippen LogP contribution in [0.1, 0.15) is 39.7 Å². The average Bonchev–Trinajstić information content (AvgIpc) is 2.77. The Morgan fingerprint density at radius 1 is 1.06 bits per heavy atom. The lowest BCUT2D eigenvalue weighted by Gasteiger charge is -2.53. The number of Topliss-reactive ketones (excluding diaryl/α,β-unsaturated/α-hetero) is 2. The molecule has 164 valence electrons. The zero-order valence-corrected chi connectivity index (χ0v) is 19.0. The summed E-state index contributed by atoms with van der Waals surface area (Å²) < 4.78 is 10.5. The molecule has 2 aliphatic rings. The van der Waals surface area contributed by atoms with Crippen molar-refractivity contribution in [3.8, 4) is 17.2 Å². The molecule has 31 heavy (non-hydrogen) atoms. The minimum atomic E-state index is -0.937. The van der Waals surface area contributed by atoms with Gasteiger partial charge in [-0.05, 0) is 54.7 Å². The Kier molecular flexibility index (Phi) is 5.74. The normalized spacial score (nSPS) is 28.5. The van der Waals surface area contributed by atoms with E-state index in [1.165, 1.54) is 14.2 Å². The second-order valence-electron chi connectivity index (χ2n) is 8.67. The first-order valence-corrected chi connectivity index (χ1v) is 10.3. The monoisotopic (exact) mass is 422 g/mol. The SMILES string of the molecule is C=CC1=CC[C@@]2(C)C(=O)C(C)=C(C)C(=O)[C@@]2(C)[C@H]1C=Cc1cc(OC)c(O)c(OC)c1. The van der Waals surface area contributed by atoms with Crippen molar-refractivity contribution in [2.75, 3.05) is 14.2 Å². The Morgan fingerprint density at radius 2 is 1.61 bits per heavy atom. The highest BCUT2D eigenvalue weighted by Crippen LogP contribution is 2.59. The number of carbonyl (C=O) groups excluding carboxylic acids is 2. The van der Waals surface area contributed by atoms with Gasteiger partial charge in [0.25, 0.3) is 0 Å². The highest BCUT2D eigenvalue weighted by Gasteiger charge is 2.62. The van der Waals surface area contributed by atoms with E-state index in [9.17, 15) is 14.7 Å². The average molecular weight is 423 g/mol. The van der Waals surface area contributed by atoms with Crippen LogP contribution in [0.25, 0.3) is 6.08 Å². The fourth-order valence-corrected chi connectivity index (χ4v) is 4.93. The number of rotatable bonds is 5. The van der Waals surface area contributed by atoms with E-state index in [1.54, 1.807) is 32.1 Å². The molecule has 0 saturated carbocycles. The van der Waals surface area contributed by atoms with Gasteiger partial charge >= 0.3 is 0 Å². The van der Waals surface area contributed by atoms with Crippen molar-refractivity contribution in [2.45, 2.75) is 34.1 Å². The van der Waals surface area contributed by atoms with Crippen molar-refractivity contribution < 1.29 is 24.2 Å². The molecule has 0 unspecified atom stereocenters. The Morgan fingerprint density at radius 3 is 2.13 bits per heavy atom. The van der Waals surface area contributed by atoms with Crippen molar-refractivity contribution in [1.29, 1.82) is 0 Å². The Balaban J connectivity index is 2.16. The number of carbonyl (C=O) groups is 2. The van der Waals surface area contributed by atoms with Gasteiger partial charge in [0.1, 0.15) is 0 Å². The second-order valence-corrected chi connectivity index (χ2v) is 8.67. The fourth-order valence-electron chi connectivity index (χ4n) is 4.93. The number of hydrogen-bond acceptors (Lipinski definition) is 5. The molecular weight excluding hydrogens is 392 g/mol. The van der Waals surface area contributed by atoms with Crippen molar-refractivity contribution in [3.63, 3.8) is 0 Å². The molecule has 0 bridgehead atoms. The van der Waals surface area contributed by atoms with Crippen LogP contribution in [0.2, 0.25) is 0 Å². The van der Waals surface area contributed by atoms with Gasteiger partial charge in [0.05, 0.1) is 19.6 Å². The van der Waals surface area contributed by atoms with Crippen molar-refractivity contribution in [1.82, 2.24) is 0 Å². The highest BCUT2D eigenvalue weighted by atomic mass is 16.5. The van der Waals surface area contributed by atoms with Crippen LogP contribution in [0.3, 0.4) is 0 Å². The van der Waals surface area contributed by atoms with E-state index < -0.39 is 10.8 Å². The van der Waals surface area contributed by atoms with Crippen LogP contribution in [0.15, 0.2) is 53.7 Å². The number of benzene rings is 1. The standard InChI is InChI=1S/C26H30O5/c1-8-18-11-12-25(4)23(28)15(2)16(3)24(29)26(25,5)19(18)10-9-17-13-20(30-6)22(27)21(14-17)31-7/h8-11,13-14,19,27H,1,12H2,2-7H3/t19-,25-,26+/m0/s1. The van der Waals surface area contributed by atoms with E-state index in [0.717, 1.165) is 11.1 Å². The molecule has 5 nitrogen and oxygen atoms in total. The van der Waals surface area contributed by atoms with Gasteiger partial charge in [0, 0.05) is 11.3 Å². The minimum absolute atomic E-state index is 0.00457. The summed E-state index contributed by atoms with van der Waals surface area (Å²) in [4.78, 5) is 26.9. The predicted octanol–water partition coefficient (Wildman–Crippen LogP) is 5.06. The summed E-state index contributed by atoms with van der Waals surface area (Å²) in [6.45, 7) is 11.2. The smallest absolute Gasteiger partial charge is 0.200 e. The van der Waals surface area contributed by atoms with Crippen LogP contribution < -0.4 is 9.47 Å². The molecule has 1 aromatic carbocycles. The van der Waals surface area contributed by atoms with Gasteiger partial charge in [0.2, 0.25) is 5.75 Å². The molecular formula is C26H30O5. The van der Waals surface area contributed by atoms with Crippen molar-refractivity contribution >= 4 is 17.6 Å². The summed E-state index contributed by atoms with van der Waals surface area (Å²) >= 11 is 0. The van der Waals surface area contributed by atoms with Gasteiger partial charge in [-0.15, -0.1) is 0 Å². The summed E-state index contributed by atoms with van der Waals surface area (Å²) in [7, 11) is 2.94. The molecule has 0 aromatic heterocycles. The molecule has 0 amide bonds. The van der Waals surface area contributed by atoms with Crippen molar-refractivity contribution in [3.05, 3.63) is 59.2 Å². The summed E-state index contributed by atoms with van der Waals surface area (Å²) in [5.41, 5.74) is 0.969. The quantitative estimate of drug-likeness (QED) is 0.718. The van der Waals surface area contributed by atoms with Gasteiger partial charge in [-0.25, -0.2) is 0 Å². The molecule has 0 saturated heterocycles. The summed E-state index contributed by atoms with van der Waals surface area (Å²) in [5.74, 6) is 0.185. The van der Waals surface area contributed by atoms with Gasteiger partial charge in [0.15, 0.2) is 23.1 Å². The third-order valence-electron chi connectivity index (χ3n) is 7.31. The maximum atomic E-state index is 13.6. The van der Waals surface area contributed by atoms with Crippen LogP contribution in [0.4, 0.5) is 0 Å². The van der Waals surface area contributed by atoms with Gasteiger partial charge in [-0.2, -0.15) is 0 Å². The number of allylic oxidation sites excluding steroid dienone is 6.